The molecular weight excluding hydrogens is 396 g/mol. The predicted octanol–water partition coefficient (Wildman–Crippen LogP) is 3.91. The Balaban J connectivity index is 1.96. The maximum Gasteiger partial charge on any atom is 0.242 e. The van der Waals surface area contributed by atoms with Crippen molar-refractivity contribution in [2.75, 3.05) is 26.0 Å². The minimum Gasteiger partial charge on any atom is -0.497 e. The van der Waals surface area contributed by atoms with E-state index < -0.39 is 6.04 Å². The molecule has 2 aromatic rings. The first-order chi connectivity index (χ1) is 14.5. The van der Waals surface area contributed by atoms with Gasteiger partial charge in [-0.05, 0) is 43.0 Å². The van der Waals surface area contributed by atoms with Crippen molar-refractivity contribution in [2.45, 2.75) is 38.5 Å². The molecule has 0 aliphatic rings. The highest BCUT2D eigenvalue weighted by Crippen LogP contribution is 2.17. The third-order valence-electron chi connectivity index (χ3n) is 4.85. The Kier molecular flexibility index (Phi) is 10.3. The lowest BCUT2D eigenvalue weighted by molar-refractivity contribution is -0.137. The van der Waals surface area contributed by atoms with Crippen LogP contribution in [0.2, 0.25) is 0 Å². The standard InChI is InChI=1S/C24H32N2O3S/c1-4-15-25-24(28)19(2)26(16-14-20-8-6-5-7-9-20)23(27)18-30-17-21-10-12-22(29-3)13-11-21/h5-13,19H,4,14-18H2,1-3H3,(H,25,28)/t19-/m0/s1. The Morgan fingerprint density at radius 3 is 2.40 bits per heavy atom. The van der Waals surface area contributed by atoms with Crippen LogP contribution in [0.3, 0.4) is 0 Å². The molecule has 0 spiro atoms. The molecule has 0 aliphatic heterocycles. The molecule has 0 aliphatic carbocycles. The van der Waals surface area contributed by atoms with Crippen LogP contribution in [0.15, 0.2) is 54.6 Å². The van der Waals surface area contributed by atoms with Crippen LogP contribution < -0.4 is 10.1 Å². The number of nitrogens with zero attached hydrogens (tertiary/aromatic N) is 1. The minimum atomic E-state index is -0.491. The van der Waals surface area contributed by atoms with Crippen LogP contribution in [0.4, 0.5) is 0 Å². The van der Waals surface area contributed by atoms with Gasteiger partial charge in [-0.3, -0.25) is 9.59 Å². The first-order valence-corrected chi connectivity index (χ1v) is 11.5. The summed E-state index contributed by atoms with van der Waals surface area (Å²) in [5.74, 6) is 1.78. The second-order valence-corrected chi connectivity index (χ2v) is 8.12. The molecule has 1 atom stereocenters. The third kappa shape index (κ3) is 7.75. The molecule has 0 saturated carbocycles. The first-order valence-electron chi connectivity index (χ1n) is 10.4. The first kappa shape index (κ1) is 23.8. The van der Waals surface area contributed by atoms with Gasteiger partial charge in [0.15, 0.2) is 0 Å². The van der Waals surface area contributed by atoms with Gasteiger partial charge in [0.25, 0.3) is 0 Å². The van der Waals surface area contributed by atoms with Gasteiger partial charge < -0.3 is 15.0 Å². The molecule has 0 heterocycles. The summed E-state index contributed by atoms with van der Waals surface area (Å²) in [6, 6.07) is 17.4. The van der Waals surface area contributed by atoms with Gasteiger partial charge in [-0.25, -0.2) is 0 Å². The van der Waals surface area contributed by atoms with E-state index in [1.807, 2.05) is 68.4 Å². The summed E-state index contributed by atoms with van der Waals surface area (Å²) in [5, 5.41) is 2.91. The third-order valence-corrected chi connectivity index (χ3v) is 5.84. The Bertz CT molecular complexity index is 781. The van der Waals surface area contributed by atoms with E-state index in [9.17, 15) is 9.59 Å². The molecule has 2 rings (SSSR count). The average Bonchev–Trinajstić information content (AvgIpc) is 2.78. The molecule has 1 N–H and O–H groups in total. The topological polar surface area (TPSA) is 58.6 Å². The molecule has 2 aromatic carbocycles. The molecular formula is C24H32N2O3S. The summed E-state index contributed by atoms with van der Waals surface area (Å²) < 4.78 is 5.18. The summed E-state index contributed by atoms with van der Waals surface area (Å²) >= 11 is 1.56. The smallest absolute Gasteiger partial charge is 0.242 e. The predicted molar refractivity (Wildman–Crippen MR) is 124 cm³/mol. The van der Waals surface area contributed by atoms with E-state index >= 15 is 0 Å². The van der Waals surface area contributed by atoms with Crippen molar-refractivity contribution in [1.29, 1.82) is 0 Å². The van der Waals surface area contributed by atoms with E-state index in [2.05, 4.69) is 5.32 Å². The van der Waals surface area contributed by atoms with Crippen LogP contribution in [0.5, 0.6) is 5.75 Å². The van der Waals surface area contributed by atoms with Crippen molar-refractivity contribution >= 4 is 23.6 Å². The van der Waals surface area contributed by atoms with Crippen molar-refractivity contribution in [1.82, 2.24) is 10.2 Å². The molecule has 5 nitrogen and oxygen atoms in total. The van der Waals surface area contributed by atoms with Crippen molar-refractivity contribution in [3.05, 3.63) is 65.7 Å². The van der Waals surface area contributed by atoms with Gasteiger partial charge >= 0.3 is 0 Å². The lowest BCUT2D eigenvalue weighted by atomic mass is 10.1. The molecule has 2 amide bonds. The number of methoxy groups -OCH3 is 1. The SMILES string of the molecule is CCCNC(=O)[C@H](C)N(CCc1ccccc1)C(=O)CSCc1ccc(OC)cc1. The van der Waals surface area contributed by atoms with Crippen molar-refractivity contribution in [3.63, 3.8) is 0 Å². The molecule has 0 saturated heterocycles. The average molecular weight is 429 g/mol. The van der Waals surface area contributed by atoms with Gasteiger partial charge in [-0.2, -0.15) is 0 Å². The fourth-order valence-electron chi connectivity index (χ4n) is 3.03. The van der Waals surface area contributed by atoms with Crippen LogP contribution in [0.1, 0.15) is 31.4 Å². The summed E-state index contributed by atoms with van der Waals surface area (Å²) in [5.41, 5.74) is 2.29. The number of hydrogen-bond donors (Lipinski definition) is 1. The fourth-order valence-corrected chi connectivity index (χ4v) is 3.90. The summed E-state index contributed by atoms with van der Waals surface area (Å²) in [4.78, 5) is 27.2. The minimum absolute atomic E-state index is 0.0106. The van der Waals surface area contributed by atoms with Crippen LogP contribution in [0.25, 0.3) is 0 Å². The van der Waals surface area contributed by atoms with Gasteiger partial charge in [-0.1, -0.05) is 49.4 Å². The second-order valence-electron chi connectivity index (χ2n) is 7.13. The number of amides is 2. The zero-order valence-electron chi connectivity index (χ0n) is 18.1. The van der Waals surface area contributed by atoms with Crippen LogP contribution in [0, 0.1) is 0 Å². The molecule has 0 aromatic heterocycles. The molecule has 0 unspecified atom stereocenters. The molecule has 0 fully saturated rings. The molecule has 30 heavy (non-hydrogen) atoms. The maximum atomic E-state index is 13.0. The number of thioether (sulfide) groups is 1. The number of carbonyl (C=O) groups excluding carboxylic acids is 2. The molecule has 0 bridgehead atoms. The van der Waals surface area contributed by atoms with Gasteiger partial charge in [0.1, 0.15) is 11.8 Å². The zero-order chi connectivity index (χ0) is 21.8. The largest absolute Gasteiger partial charge is 0.497 e. The van der Waals surface area contributed by atoms with Crippen molar-refractivity contribution < 1.29 is 14.3 Å². The maximum absolute atomic E-state index is 13.0. The number of nitrogens with one attached hydrogen (secondary N) is 1. The van der Waals surface area contributed by atoms with E-state index in [0.29, 0.717) is 18.8 Å². The quantitative estimate of drug-likeness (QED) is 0.557. The Labute approximate surface area is 184 Å². The number of carbonyl (C=O) groups is 2. The summed E-state index contributed by atoms with van der Waals surface area (Å²) in [7, 11) is 1.64. The van der Waals surface area contributed by atoms with E-state index in [-0.39, 0.29) is 11.8 Å². The zero-order valence-corrected chi connectivity index (χ0v) is 18.9. The van der Waals surface area contributed by atoms with E-state index in [0.717, 1.165) is 35.5 Å². The van der Waals surface area contributed by atoms with Crippen molar-refractivity contribution in [3.8, 4) is 5.75 Å². The highest BCUT2D eigenvalue weighted by molar-refractivity contribution is 7.99. The number of ether oxygens (including phenoxy) is 1. The Morgan fingerprint density at radius 2 is 1.77 bits per heavy atom. The highest BCUT2D eigenvalue weighted by Gasteiger charge is 2.25. The van der Waals surface area contributed by atoms with Crippen LogP contribution in [-0.2, 0) is 21.8 Å². The van der Waals surface area contributed by atoms with E-state index in [1.165, 1.54) is 0 Å². The van der Waals surface area contributed by atoms with E-state index in [4.69, 9.17) is 4.74 Å². The normalized spacial score (nSPS) is 11.6. The van der Waals surface area contributed by atoms with Gasteiger partial charge in [-0.15, -0.1) is 11.8 Å². The van der Waals surface area contributed by atoms with Gasteiger partial charge in [0, 0.05) is 18.8 Å². The number of rotatable bonds is 12. The van der Waals surface area contributed by atoms with Gasteiger partial charge in [0.05, 0.1) is 12.9 Å². The highest BCUT2D eigenvalue weighted by atomic mass is 32.2. The number of benzene rings is 2. The van der Waals surface area contributed by atoms with Crippen molar-refractivity contribution in [2.24, 2.45) is 0 Å². The molecule has 162 valence electrons. The summed E-state index contributed by atoms with van der Waals surface area (Å²) in [6.07, 6.45) is 1.59. The monoisotopic (exact) mass is 428 g/mol. The molecule has 6 heteroatoms. The lowest BCUT2D eigenvalue weighted by Gasteiger charge is -2.28. The van der Waals surface area contributed by atoms with E-state index in [1.54, 1.807) is 23.8 Å². The number of hydrogen-bond acceptors (Lipinski definition) is 4. The Morgan fingerprint density at radius 1 is 1.07 bits per heavy atom. The van der Waals surface area contributed by atoms with Gasteiger partial charge in [0.2, 0.25) is 11.8 Å². The molecule has 0 radical (unpaired) electrons. The fraction of sp³-hybridized carbons (Fsp3) is 0.417. The Hall–Kier alpha value is -2.47. The lowest BCUT2D eigenvalue weighted by Crippen LogP contribution is -2.49. The van der Waals surface area contributed by atoms with Crippen LogP contribution >= 0.6 is 11.8 Å². The van der Waals surface area contributed by atoms with Crippen LogP contribution in [-0.4, -0.2) is 48.7 Å². The second kappa shape index (κ2) is 13.0. The summed E-state index contributed by atoms with van der Waals surface area (Å²) in [6.45, 7) is 4.96.